The number of carbonyl (C=O) groups is 1. The van der Waals surface area contributed by atoms with Gasteiger partial charge in [0.1, 0.15) is 5.75 Å². The molecule has 1 aromatic carbocycles. The van der Waals surface area contributed by atoms with Crippen molar-refractivity contribution in [2.75, 3.05) is 0 Å². The van der Waals surface area contributed by atoms with Gasteiger partial charge in [0.05, 0.1) is 11.7 Å². The molecule has 5 heteroatoms. The highest BCUT2D eigenvalue weighted by Gasteiger charge is 2.22. The highest BCUT2D eigenvalue weighted by atomic mass is 16.5. The Kier molecular flexibility index (Phi) is 2.95. The zero-order valence-electron chi connectivity index (χ0n) is 10.2. The first-order chi connectivity index (χ1) is 9.24. The molecule has 1 fully saturated rings. The van der Waals surface area contributed by atoms with Crippen molar-refractivity contribution in [2.45, 2.75) is 25.4 Å². The van der Waals surface area contributed by atoms with Crippen molar-refractivity contribution < 1.29 is 19.2 Å². The number of nitrogens with zero attached hydrogens (tertiary/aromatic N) is 1. The van der Waals surface area contributed by atoms with Crippen LogP contribution in [-0.4, -0.2) is 22.3 Å². The number of carboxylic acids is 1. The van der Waals surface area contributed by atoms with Crippen molar-refractivity contribution in [2.24, 2.45) is 0 Å². The van der Waals surface area contributed by atoms with Gasteiger partial charge in [-0.3, -0.25) is 0 Å². The lowest BCUT2D eigenvalue weighted by Crippen LogP contribution is -2.24. The lowest BCUT2D eigenvalue weighted by atomic mass is 9.96. The summed E-state index contributed by atoms with van der Waals surface area (Å²) in [5.41, 5.74) is 0.628. The van der Waals surface area contributed by atoms with Crippen LogP contribution < -0.4 is 4.74 Å². The third-order valence-electron chi connectivity index (χ3n) is 3.23. The molecule has 0 radical (unpaired) electrons. The van der Waals surface area contributed by atoms with Crippen LogP contribution in [-0.2, 0) is 0 Å². The fourth-order valence-electron chi connectivity index (χ4n) is 1.94. The molecule has 0 spiro atoms. The van der Waals surface area contributed by atoms with Crippen LogP contribution in [0.3, 0.4) is 0 Å². The van der Waals surface area contributed by atoms with Crippen LogP contribution in [0.2, 0.25) is 0 Å². The maximum Gasteiger partial charge on any atom is 0.358 e. The molecule has 3 rings (SSSR count). The molecule has 1 aromatic heterocycles. The fourth-order valence-corrected chi connectivity index (χ4v) is 1.94. The Morgan fingerprint density at radius 1 is 1.37 bits per heavy atom. The van der Waals surface area contributed by atoms with Crippen LogP contribution in [0.1, 0.15) is 29.8 Å². The summed E-state index contributed by atoms with van der Waals surface area (Å²) in [6.45, 7) is 0. The van der Waals surface area contributed by atoms with E-state index in [-0.39, 0.29) is 11.8 Å². The van der Waals surface area contributed by atoms with Crippen molar-refractivity contribution in [3.63, 3.8) is 0 Å². The van der Waals surface area contributed by atoms with Crippen LogP contribution in [0.4, 0.5) is 0 Å². The fraction of sp³-hybridized carbons (Fsp3) is 0.286. The molecule has 5 nitrogen and oxygen atoms in total. The number of hydrogen-bond acceptors (Lipinski definition) is 4. The number of rotatable bonds is 4. The van der Waals surface area contributed by atoms with E-state index in [4.69, 9.17) is 14.4 Å². The summed E-state index contributed by atoms with van der Waals surface area (Å²) in [5.74, 6) is 0.0139. The second kappa shape index (κ2) is 4.76. The Morgan fingerprint density at radius 2 is 2.16 bits per heavy atom. The number of carboxylic acid groups (broad SMARTS) is 1. The molecule has 0 saturated heterocycles. The monoisotopic (exact) mass is 259 g/mol. The van der Waals surface area contributed by atoms with E-state index in [0.717, 1.165) is 18.4 Å². The first-order valence-corrected chi connectivity index (χ1v) is 6.20. The molecule has 1 heterocycles. The SMILES string of the molecule is O=C(O)c1cc(-c2ccccc2OC2CCC2)on1. The number of hydrogen-bond donors (Lipinski definition) is 1. The normalized spacial score (nSPS) is 14.9. The van der Waals surface area contributed by atoms with Crippen LogP contribution >= 0.6 is 0 Å². The average molecular weight is 259 g/mol. The zero-order valence-corrected chi connectivity index (χ0v) is 10.2. The number of benzene rings is 1. The molecule has 19 heavy (non-hydrogen) atoms. The molecule has 0 amide bonds. The van der Waals surface area contributed by atoms with Crippen molar-refractivity contribution >= 4 is 5.97 Å². The van der Waals surface area contributed by atoms with Gasteiger partial charge < -0.3 is 14.4 Å². The Balaban J connectivity index is 1.91. The van der Waals surface area contributed by atoms with Crippen LogP contribution in [0.5, 0.6) is 5.75 Å². The first-order valence-electron chi connectivity index (χ1n) is 6.20. The standard InChI is InChI=1S/C14H13NO4/c16-14(17)11-8-13(19-15-11)10-6-1-2-7-12(10)18-9-4-3-5-9/h1-2,6-9H,3-5H2,(H,16,17). The number of aromatic nitrogens is 1. The predicted octanol–water partition coefficient (Wildman–Crippen LogP) is 2.97. The van der Waals surface area contributed by atoms with E-state index in [1.54, 1.807) is 0 Å². The quantitative estimate of drug-likeness (QED) is 0.913. The summed E-state index contributed by atoms with van der Waals surface area (Å²) in [7, 11) is 0. The van der Waals surface area contributed by atoms with Crippen molar-refractivity contribution in [1.29, 1.82) is 0 Å². The van der Waals surface area contributed by atoms with E-state index < -0.39 is 5.97 Å². The summed E-state index contributed by atoms with van der Waals surface area (Å²) in [6, 6.07) is 8.83. The molecule has 1 N–H and O–H groups in total. The van der Waals surface area contributed by atoms with Gasteiger partial charge in [0, 0.05) is 6.07 Å². The van der Waals surface area contributed by atoms with Gasteiger partial charge in [-0.2, -0.15) is 0 Å². The maximum absolute atomic E-state index is 10.8. The second-order valence-electron chi connectivity index (χ2n) is 4.55. The second-order valence-corrected chi connectivity index (χ2v) is 4.55. The summed E-state index contributed by atoms with van der Waals surface area (Å²) >= 11 is 0. The largest absolute Gasteiger partial charge is 0.490 e. The van der Waals surface area contributed by atoms with Gasteiger partial charge in [0.25, 0.3) is 0 Å². The van der Waals surface area contributed by atoms with Crippen LogP contribution in [0.25, 0.3) is 11.3 Å². The van der Waals surface area contributed by atoms with E-state index in [2.05, 4.69) is 5.16 Å². The molecule has 1 saturated carbocycles. The lowest BCUT2D eigenvalue weighted by molar-refractivity contribution is 0.0686. The van der Waals surface area contributed by atoms with Crippen molar-refractivity contribution in [1.82, 2.24) is 5.16 Å². The Bertz CT molecular complexity index is 601. The van der Waals surface area contributed by atoms with E-state index in [0.29, 0.717) is 11.5 Å². The third-order valence-corrected chi connectivity index (χ3v) is 3.23. The topological polar surface area (TPSA) is 72.6 Å². The Hall–Kier alpha value is -2.30. The minimum atomic E-state index is -1.10. The smallest absolute Gasteiger partial charge is 0.358 e. The van der Waals surface area contributed by atoms with Crippen LogP contribution in [0.15, 0.2) is 34.9 Å². The van der Waals surface area contributed by atoms with Gasteiger partial charge >= 0.3 is 5.97 Å². The highest BCUT2D eigenvalue weighted by molar-refractivity contribution is 5.86. The molecule has 0 aliphatic heterocycles. The minimum Gasteiger partial charge on any atom is -0.490 e. The molecule has 98 valence electrons. The lowest BCUT2D eigenvalue weighted by Gasteiger charge is -2.27. The molecule has 1 aliphatic carbocycles. The molecule has 2 aromatic rings. The number of ether oxygens (including phenoxy) is 1. The highest BCUT2D eigenvalue weighted by Crippen LogP contribution is 2.33. The number of aromatic carboxylic acids is 1. The molecule has 0 unspecified atom stereocenters. The van der Waals surface area contributed by atoms with Crippen LogP contribution in [0, 0.1) is 0 Å². The van der Waals surface area contributed by atoms with Crippen molar-refractivity contribution in [3.05, 3.63) is 36.0 Å². The number of para-hydroxylation sites is 1. The van der Waals surface area contributed by atoms with Gasteiger partial charge in [0.15, 0.2) is 11.5 Å². The predicted molar refractivity (Wildman–Crippen MR) is 67.2 cm³/mol. The minimum absolute atomic E-state index is 0.103. The molecule has 0 atom stereocenters. The first kappa shape index (κ1) is 11.8. The van der Waals surface area contributed by atoms with Gasteiger partial charge in [-0.1, -0.05) is 17.3 Å². The summed E-state index contributed by atoms with van der Waals surface area (Å²) in [4.78, 5) is 10.8. The van der Waals surface area contributed by atoms with Crippen molar-refractivity contribution in [3.8, 4) is 17.1 Å². The Labute approximate surface area is 109 Å². The Morgan fingerprint density at radius 3 is 2.79 bits per heavy atom. The molecule has 0 bridgehead atoms. The summed E-state index contributed by atoms with van der Waals surface area (Å²) in [6.07, 6.45) is 3.57. The zero-order chi connectivity index (χ0) is 13.2. The summed E-state index contributed by atoms with van der Waals surface area (Å²) < 4.78 is 10.9. The van der Waals surface area contributed by atoms with Gasteiger partial charge in [0.2, 0.25) is 0 Å². The maximum atomic E-state index is 10.8. The van der Waals surface area contributed by atoms with Gasteiger partial charge in [-0.15, -0.1) is 0 Å². The average Bonchev–Trinajstić information content (AvgIpc) is 2.84. The summed E-state index contributed by atoms with van der Waals surface area (Å²) in [5, 5.41) is 12.4. The van der Waals surface area contributed by atoms with E-state index in [1.165, 1.54) is 12.5 Å². The molecular formula is C14H13NO4. The van der Waals surface area contributed by atoms with Gasteiger partial charge in [-0.05, 0) is 31.4 Å². The van der Waals surface area contributed by atoms with Gasteiger partial charge in [-0.25, -0.2) is 4.79 Å². The molecular weight excluding hydrogens is 246 g/mol. The molecule has 1 aliphatic rings. The third kappa shape index (κ3) is 2.31. The van der Waals surface area contributed by atoms with E-state index >= 15 is 0 Å². The van der Waals surface area contributed by atoms with E-state index in [1.807, 2.05) is 24.3 Å². The van der Waals surface area contributed by atoms with E-state index in [9.17, 15) is 4.79 Å².